The van der Waals surface area contributed by atoms with Crippen molar-refractivity contribution in [3.05, 3.63) is 86.5 Å². The van der Waals surface area contributed by atoms with Gasteiger partial charge in [0.1, 0.15) is 0 Å². The summed E-state index contributed by atoms with van der Waals surface area (Å²) in [6.07, 6.45) is 0. The predicted molar refractivity (Wildman–Crippen MR) is 125 cm³/mol. The van der Waals surface area contributed by atoms with Crippen molar-refractivity contribution in [3.8, 4) is 0 Å². The second kappa shape index (κ2) is 8.54. The van der Waals surface area contributed by atoms with Gasteiger partial charge >= 0.3 is 0 Å². The van der Waals surface area contributed by atoms with Gasteiger partial charge in [-0.1, -0.05) is 29.8 Å². The first-order valence-electron chi connectivity index (χ1n) is 8.94. The van der Waals surface area contributed by atoms with Crippen molar-refractivity contribution in [2.75, 3.05) is 10.0 Å². The Bertz CT molecular complexity index is 1150. The predicted octanol–water partition coefficient (Wildman–Crippen LogP) is 5.27. The van der Waals surface area contributed by atoms with Crippen molar-refractivity contribution in [1.29, 1.82) is 0 Å². The van der Waals surface area contributed by atoms with Gasteiger partial charge in [0.15, 0.2) is 0 Å². The molecular formula is C22H21IN2O3S. The minimum atomic E-state index is -3.74. The topological polar surface area (TPSA) is 75.3 Å². The summed E-state index contributed by atoms with van der Waals surface area (Å²) >= 11 is 2.10. The number of carbonyl (C=O) groups excluding carboxylic acids is 1. The molecule has 3 aromatic carbocycles. The fourth-order valence-electron chi connectivity index (χ4n) is 3.10. The summed E-state index contributed by atoms with van der Waals surface area (Å²) in [6.45, 7) is 5.73. The SMILES string of the molecule is Cc1cc(C)c(NS(=O)(=O)c2ccc(NC(=O)c3ccccc3I)cc2)c(C)c1. The summed E-state index contributed by atoms with van der Waals surface area (Å²) in [6, 6.07) is 17.3. The van der Waals surface area contributed by atoms with Crippen molar-refractivity contribution >= 4 is 49.9 Å². The van der Waals surface area contributed by atoms with Crippen molar-refractivity contribution in [3.63, 3.8) is 0 Å². The van der Waals surface area contributed by atoms with Gasteiger partial charge in [-0.25, -0.2) is 8.42 Å². The lowest BCUT2D eigenvalue weighted by molar-refractivity contribution is 0.102. The Morgan fingerprint density at radius 3 is 2.07 bits per heavy atom. The first-order chi connectivity index (χ1) is 13.7. The van der Waals surface area contributed by atoms with E-state index in [0.717, 1.165) is 20.3 Å². The summed E-state index contributed by atoms with van der Waals surface area (Å²) < 4.78 is 29.1. The van der Waals surface area contributed by atoms with Crippen molar-refractivity contribution in [1.82, 2.24) is 0 Å². The number of sulfonamides is 1. The van der Waals surface area contributed by atoms with E-state index in [0.29, 0.717) is 16.9 Å². The molecule has 0 bridgehead atoms. The van der Waals surface area contributed by atoms with Crippen molar-refractivity contribution < 1.29 is 13.2 Å². The molecule has 0 heterocycles. The van der Waals surface area contributed by atoms with Crippen LogP contribution in [0.25, 0.3) is 0 Å². The highest BCUT2D eigenvalue weighted by atomic mass is 127. The zero-order chi connectivity index (χ0) is 21.2. The summed E-state index contributed by atoms with van der Waals surface area (Å²) in [5.74, 6) is -0.241. The first-order valence-corrected chi connectivity index (χ1v) is 11.5. The van der Waals surface area contributed by atoms with Crippen LogP contribution in [0.4, 0.5) is 11.4 Å². The Kier molecular flexibility index (Phi) is 6.28. The fraction of sp³-hybridized carbons (Fsp3) is 0.136. The molecule has 150 valence electrons. The number of hydrogen-bond donors (Lipinski definition) is 2. The van der Waals surface area contributed by atoms with Crippen LogP contribution in [-0.2, 0) is 10.0 Å². The Morgan fingerprint density at radius 2 is 1.48 bits per heavy atom. The van der Waals surface area contributed by atoms with E-state index in [2.05, 4.69) is 32.6 Å². The maximum absolute atomic E-state index is 12.8. The third-order valence-electron chi connectivity index (χ3n) is 4.45. The average Bonchev–Trinajstić information content (AvgIpc) is 2.65. The van der Waals surface area contributed by atoms with Crippen LogP contribution in [0, 0.1) is 24.3 Å². The summed E-state index contributed by atoms with van der Waals surface area (Å²) in [5, 5.41) is 2.79. The molecule has 0 atom stereocenters. The van der Waals surface area contributed by atoms with E-state index in [1.165, 1.54) is 12.1 Å². The molecule has 0 aromatic heterocycles. The van der Waals surface area contributed by atoms with Gasteiger partial charge in [0.05, 0.1) is 16.1 Å². The van der Waals surface area contributed by atoms with Crippen LogP contribution < -0.4 is 10.0 Å². The first kappa shape index (κ1) is 21.3. The molecule has 0 fully saturated rings. The number of amides is 1. The molecule has 0 aliphatic heterocycles. The van der Waals surface area contributed by atoms with E-state index >= 15 is 0 Å². The smallest absolute Gasteiger partial charge is 0.261 e. The van der Waals surface area contributed by atoms with Gasteiger partial charge in [-0.3, -0.25) is 9.52 Å². The van der Waals surface area contributed by atoms with Crippen LogP contribution in [0.15, 0.2) is 65.6 Å². The van der Waals surface area contributed by atoms with Crippen LogP contribution in [0.2, 0.25) is 0 Å². The quantitative estimate of drug-likeness (QED) is 0.451. The van der Waals surface area contributed by atoms with E-state index in [1.54, 1.807) is 24.3 Å². The van der Waals surface area contributed by atoms with Gasteiger partial charge in [-0.15, -0.1) is 0 Å². The number of hydrogen-bond acceptors (Lipinski definition) is 3. The molecule has 0 radical (unpaired) electrons. The largest absolute Gasteiger partial charge is 0.322 e. The number of halogens is 1. The molecule has 0 spiro atoms. The highest BCUT2D eigenvalue weighted by molar-refractivity contribution is 14.1. The Labute approximate surface area is 184 Å². The number of aryl methyl sites for hydroxylation is 3. The minimum absolute atomic E-state index is 0.129. The lowest BCUT2D eigenvalue weighted by Crippen LogP contribution is -2.16. The molecule has 3 rings (SSSR count). The van der Waals surface area contributed by atoms with Gasteiger partial charge < -0.3 is 5.32 Å². The molecule has 0 aliphatic rings. The maximum atomic E-state index is 12.8. The molecule has 2 N–H and O–H groups in total. The van der Waals surface area contributed by atoms with E-state index in [1.807, 2.05) is 45.0 Å². The molecule has 0 saturated heterocycles. The highest BCUT2D eigenvalue weighted by Gasteiger charge is 2.17. The van der Waals surface area contributed by atoms with E-state index < -0.39 is 10.0 Å². The van der Waals surface area contributed by atoms with Crippen LogP contribution >= 0.6 is 22.6 Å². The average molecular weight is 520 g/mol. The number of carbonyl (C=O) groups is 1. The molecule has 0 aliphatic carbocycles. The molecule has 5 nitrogen and oxygen atoms in total. The van der Waals surface area contributed by atoms with E-state index in [9.17, 15) is 13.2 Å². The lowest BCUT2D eigenvalue weighted by atomic mass is 10.1. The van der Waals surface area contributed by atoms with Gasteiger partial charge in [0.25, 0.3) is 15.9 Å². The molecule has 0 unspecified atom stereocenters. The monoisotopic (exact) mass is 520 g/mol. The fourth-order valence-corrected chi connectivity index (χ4v) is 4.93. The molecule has 0 saturated carbocycles. The van der Waals surface area contributed by atoms with Crippen LogP contribution in [0.5, 0.6) is 0 Å². The van der Waals surface area contributed by atoms with Crippen molar-refractivity contribution in [2.24, 2.45) is 0 Å². The van der Waals surface area contributed by atoms with Crippen LogP contribution in [0.1, 0.15) is 27.0 Å². The van der Waals surface area contributed by atoms with E-state index in [-0.39, 0.29) is 10.8 Å². The summed E-state index contributed by atoms with van der Waals surface area (Å²) in [7, 11) is -3.74. The van der Waals surface area contributed by atoms with Crippen LogP contribution in [-0.4, -0.2) is 14.3 Å². The highest BCUT2D eigenvalue weighted by Crippen LogP contribution is 2.26. The van der Waals surface area contributed by atoms with Crippen molar-refractivity contribution in [2.45, 2.75) is 25.7 Å². The normalized spacial score (nSPS) is 11.2. The second-order valence-electron chi connectivity index (χ2n) is 6.84. The number of rotatable bonds is 5. The van der Waals surface area contributed by atoms with Crippen LogP contribution in [0.3, 0.4) is 0 Å². The van der Waals surface area contributed by atoms with Gasteiger partial charge in [-0.2, -0.15) is 0 Å². The third kappa shape index (κ3) is 4.97. The summed E-state index contributed by atoms with van der Waals surface area (Å²) in [5.41, 5.74) is 4.50. The Hall–Kier alpha value is -2.39. The van der Waals surface area contributed by atoms with Gasteiger partial charge in [0, 0.05) is 9.26 Å². The second-order valence-corrected chi connectivity index (χ2v) is 9.68. The molecule has 29 heavy (non-hydrogen) atoms. The summed E-state index contributed by atoms with van der Waals surface area (Å²) in [4.78, 5) is 12.5. The zero-order valence-corrected chi connectivity index (χ0v) is 19.3. The third-order valence-corrected chi connectivity index (χ3v) is 6.76. The molecule has 3 aromatic rings. The molecular weight excluding hydrogens is 499 g/mol. The number of nitrogens with one attached hydrogen (secondary N) is 2. The maximum Gasteiger partial charge on any atom is 0.261 e. The number of anilines is 2. The minimum Gasteiger partial charge on any atom is -0.322 e. The Morgan fingerprint density at radius 1 is 0.897 bits per heavy atom. The molecule has 1 amide bonds. The van der Waals surface area contributed by atoms with Gasteiger partial charge in [-0.05, 0) is 90.9 Å². The number of benzene rings is 3. The lowest BCUT2D eigenvalue weighted by Gasteiger charge is -2.14. The zero-order valence-electron chi connectivity index (χ0n) is 16.3. The standard InChI is InChI=1S/C22H21IN2O3S/c1-14-12-15(2)21(16(3)13-14)25-29(27,28)18-10-8-17(9-11-18)24-22(26)19-6-4-5-7-20(19)23/h4-13,25H,1-3H3,(H,24,26). The molecule has 7 heteroatoms. The van der Waals surface area contributed by atoms with Gasteiger partial charge in [0.2, 0.25) is 0 Å². The van der Waals surface area contributed by atoms with E-state index in [4.69, 9.17) is 0 Å². The Balaban J connectivity index is 1.79.